The second-order valence-electron chi connectivity index (χ2n) is 4.03. The maximum Gasteiger partial charge on any atom is 0.148 e. The first-order chi connectivity index (χ1) is 9.11. The molecule has 0 aliphatic heterocycles. The molecule has 96 valence electrons. The Hall–Kier alpha value is -2.45. The molecule has 1 heterocycles. The Kier molecular flexibility index (Phi) is 3.74. The molecule has 0 aliphatic rings. The summed E-state index contributed by atoms with van der Waals surface area (Å²) < 4.78 is 18.8. The third kappa shape index (κ3) is 2.87. The van der Waals surface area contributed by atoms with E-state index in [0.717, 1.165) is 5.69 Å². The molecule has 0 unspecified atom stereocenters. The molecule has 2 aromatic rings. The lowest BCUT2D eigenvalue weighted by molar-refractivity contribution is 0.471. The lowest BCUT2D eigenvalue weighted by Crippen LogP contribution is -2.06. The Balaban J connectivity index is 2.27. The summed E-state index contributed by atoms with van der Waals surface area (Å²) in [5, 5.41) is 8.89. The van der Waals surface area contributed by atoms with Gasteiger partial charge in [-0.1, -0.05) is 6.07 Å². The number of nitrogens with zero attached hydrogens (tertiary/aromatic N) is 2. The zero-order valence-electron chi connectivity index (χ0n) is 10.3. The highest BCUT2D eigenvalue weighted by atomic mass is 19.1. The van der Waals surface area contributed by atoms with Crippen molar-refractivity contribution in [2.24, 2.45) is 5.73 Å². The summed E-state index contributed by atoms with van der Waals surface area (Å²) in [4.78, 5) is 4.13. The third-order valence-corrected chi connectivity index (χ3v) is 2.54. The molecule has 19 heavy (non-hydrogen) atoms. The van der Waals surface area contributed by atoms with Crippen LogP contribution in [0.2, 0.25) is 0 Å². The fourth-order valence-electron chi connectivity index (χ4n) is 1.55. The predicted molar refractivity (Wildman–Crippen MR) is 68.0 cm³/mol. The first-order valence-corrected chi connectivity index (χ1v) is 5.70. The molecule has 0 fully saturated rings. The number of nitriles is 1. The fraction of sp³-hybridized carbons (Fsp3) is 0.143. The van der Waals surface area contributed by atoms with Crippen LogP contribution in [0.4, 0.5) is 4.39 Å². The molecule has 2 rings (SSSR count). The maximum atomic E-state index is 13.4. The summed E-state index contributed by atoms with van der Waals surface area (Å²) in [6.45, 7) is 1.82. The van der Waals surface area contributed by atoms with Gasteiger partial charge >= 0.3 is 0 Å². The SMILES string of the molecule is C[C@H](N)c1ccc(Oc2cccc(F)c2C#N)cn1. The maximum absolute atomic E-state index is 13.4. The van der Waals surface area contributed by atoms with E-state index in [9.17, 15) is 4.39 Å². The second-order valence-corrected chi connectivity index (χ2v) is 4.03. The van der Waals surface area contributed by atoms with Crippen molar-refractivity contribution in [2.75, 3.05) is 0 Å². The first-order valence-electron chi connectivity index (χ1n) is 5.70. The van der Waals surface area contributed by atoms with E-state index >= 15 is 0 Å². The molecule has 1 atom stereocenters. The summed E-state index contributed by atoms with van der Waals surface area (Å²) in [5.41, 5.74) is 6.29. The van der Waals surface area contributed by atoms with Crippen LogP contribution < -0.4 is 10.5 Å². The number of hydrogen-bond donors (Lipinski definition) is 1. The molecule has 5 heteroatoms. The topological polar surface area (TPSA) is 71.9 Å². The first kappa shape index (κ1) is 13.0. The van der Waals surface area contributed by atoms with Crippen LogP contribution in [0.5, 0.6) is 11.5 Å². The van der Waals surface area contributed by atoms with Crippen LogP contribution in [-0.2, 0) is 0 Å². The van der Waals surface area contributed by atoms with E-state index in [0.29, 0.717) is 5.75 Å². The molecule has 2 N–H and O–H groups in total. The highest BCUT2D eigenvalue weighted by Gasteiger charge is 2.10. The minimum Gasteiger partial charge on any atom is -0.454 e. The van der Waals surface area contributed by atoms with Gasteiger partial charge in [-0.2, -0.15) is 5.26 Å². The smallest absolute Gasteiger partial charge is 0.148 e. The molecule has 0 spiro atoms. The van der Waals surface area contributed by atoms with E-state index in [1.165, 1.54) is 24.4 Å². The normalized spacial score (nSPS) is 11.7. The van der Waals surface area contributed by atoms with Crippen LogP contribution in [0.25, 0.3) is 0 Å². The molecule has 0 saturated carbocycles. The number of nitrogens with two attached hydrogens (primary N) is 1. The number of ether oxygens (including phenoxy) is 1. The average Bonchev–Trinajstić information content (AvgIpc) is 2.39. The van der Waals surface area contributed by atoms with Gasteiger partial charge < -0.3 is 10.5 Å². The van der Waals surface area contributed by atoms with Gasteiger partial charge in [-0.3, -0.25) is 4.98 Å². The van der Waals surface area contributed by atoms with Crippen LogP contribution in [0, 0.1) is 17.1 Å². The van der Waals surface area contributed by atoms with Crippen molar-refractivity contribution >= 4 is 0 Å². The van der Waals surface area contributed by atoms with Crippen LogP contribution in [-0.4, -0.2) is 4.98 Å². The Morgan fingerprint density at radius 1 is 1.37 bits per heavy atom. The summed E-state index contributed by atoms with van der Waals surface area (Å²) in [6.07, 6.45) is 1.49. The van der Waals surface area contributed by atoms with Crippen LogP contribution in [0.1, 0.15) is 24.2 Å². The number of hydrogen-bond acceptors (Lipinski definition) is 4. The van der Waals surface area contributed by atoms with E-state index < -0.39 is 5.82 Å². The van der Waals surface area contributed by atoms with Crippen molar-refractivity contribution in [2.45, 2.75) is 13.0 Å². The van der Waals surface area contributed by atoms with Gasteiger partial charge in [0, 0.05) is 6.04 Å². The van der Waals surface area contributed by atoms with Crippen LogP contribution >= 0.6 is 0 Å². The van der Waals surface area contributed by atoms with E-state index in [-0.39, 0.29) is 17.4 Å². The standard InChI is InChI=1S/C14H12FN3O/c1-9(17)13-6-5-10(8-18-13)19-14-4-2-3-12(15)11(14)7-16/h2-6,8-9H,17H2,1H3/t9-/m0/s1. The minimum atomic E-state index is -0.611. The van der Waals surface area contributed by atoms with Crippen molar-refractivity contribution in [1.82, 2.24) is 4.98 Å². The molecular formula is C14H12FN3O. The quantitative estimate of drug-likeness (QED) is 0.917. The minimum absolute atomic E-state index is 0.126. The van der Waals surface area contributed by atoms with Crippen molar-refractivity contribution < 1.29 is 9.13 Å². The largest absolute Gasteiger partial charge is 0.454 e. The van der Waals surface area contributed by atoms with Crippen LogP contribution in [0.15, 0.2) is 36.5 Å². The summed E-state index contributed by atoms with van der Waals surface area (Å²) in [7, 11) is 0. The van der Waals surface area contributed by atoms with Gasteiger partial charge in [0.15, 0.2) is 0 Å². The van der Waals surface area contributed by atoms with E-state index in [2.05, 4.69) is 4.98 Å². The number of benzene rings is 1. The van der Waals surface area contributed by atoms with Gasteiger partial charge in [-0.15, -0.1) is 0 Å². The van der Waals surface area contributed by atoms with Gasteiger partial charge in [-0.05, 0) is 31.2 Å². The van der Waals surface area contributed by atoms with Crippen molar-refractivity contribution in [3.05, 3.63) is 53.6 Å². The molecule has 0 radical (unpaired) electrons. The third-order valence-electron chi connectivity index (χ3n) is 2.54. The predicted octanol–water partition coefficient (Wildman–Crippen LogP) is 2.90. The van der Waals surface area contributed by atoms with Gasteiger partial charge in [-0.25, -0.2) is 4.39 Å². The Morgan fingerprint density at radius 3 is 2.74 bits per heavy atom. The molecule has 0 bridgehead atoms. The highest BCUT2D eigenvalue weighted by Crippen LogP contribution is 2.26. The zero-order chi connectivity index (χ0) is 13.8. The fourth-order valence-corrected chi connectivity index (χ4v) is 1.55. The number of aromatic nitrogens is 1. The number of pyridine rings is 1. The number of rotatable bonds is 3. The number of halogens is 1. The molecule has 0 saturated heterocycles. The Bertz CT molecular complexity index is 618. The molecule has 4 nitrogen and oxygen atoms in total. The highest BCUT2D eigenvalue weighted by molar-refractivity contribution is 5.45. The van der Waals surface area contributed by atoms with Crippen LogP contribution in [0.3, 0.4) is 0 Å². The average molecular weight is 257 g/mol. The molecule has 0 amide bonds. The van der Waals surface area contributed by atoms with E-state index in [4.69, 9.17) is 15.7 Å². The van der Waals surface area contributed by atoms with Gasteiger partial charge in [0.2, 0.25) is 0 Å². The summed E-state index contributed by atoms with van der Waals surface area (Å²) >= 11 is 0. The summed E-state index contributed by atoms with van der Waals surface area (Å²) in [5.74, 6) is -0.0236. The Labute approximate surface area is 110 Å². The molecule has 1 aromatic carbocycles. The molecular weight excluding hydrogens is 245 g/mol. The van der Waals surface area contributed by atoms with Gasteiger partial charge in [0.05, 0.1) is 11.9 Å². The van der Waals surface area contributed by atoms with Gasteiger partial charge in [0.25, 0.3) is 0 Å². The zero-order valence-corrected chi connectivity index (χ0v) is 10.3. The lowest BCUT2D eigenvalue weighted by atomic mass is 10.2. The van der Waals surface area contributed by atoms with Crippen molar-refractivity contribution in [1.29, 1.82) is 5.26 Å². The monoisotopic (exact) mass is 257 g/mol. The second kappa shape index (κ2) is 5.46. The van der Waals surface area contributed by atoms with E-state index in [1.54, 1.807) is 18.2 Å². The Morgan fingerprint density at radius 2 is 2.16 bits per heavy atom. The molecule has 1 aromatic heterocycles. The molecule has 0 aliphatic carbocycles. The van der Waals surface area contributed by atoms with Crippen molar-refractivity contribution in [3.63, 3.8) is 0 Å². The van der Waals surface area contributed by atoms with E-state index in [1.807, 2.05) is 6.92 Å². The summed E-state index contributed by atoms with van der Waals surface area (Å²) in [6, 6.07) is 9.23. The van der Waals surface area contributed by atoms with Gasteiger partial charge in [0.1, 0.15) is 28.9 Å². The lowest BCUT2D eigenvalue weighted by Gasteiger charge is -2.09. The van der Waals surface area contributed by atoms with Crippen molar-refractivity contribution in [3.8, 4) is 17.6 Å².